The summed E-state index contributed by atoms with van der Waals surface area (Å²) in [7, 11) is 1.72. The Kier molecular flexibility index (Phi) is 5.48. The summed E-state index contributed by atoms with van der Waals surface area (Å²) in [6.45, 7) is 6.05. The van der Waals surface area contributed by atoms with E-state index < -0.39 is 0 Å². The Hall–Kier alpha value is -1.48. The summed E-state index contributed by atoms with van der Waals surface area (Å²) in [6.07, 6.45) is 5.50. The number of benzene rings is 1. The minimum atomic E-state index is 0.0881. The molecule has 0 amide bonds. The van der Waals surface area contributed by atoms with E-state index in [1.54, 1.807) is 7.11 Å². The van der Waals surface area contributed by atoms with E-state index >= 15 is 0 Å². The summed E-state index contributed by atoms with van der Waals surface area (Å²) in [4.78, 5) is 0. The van der Waals surface area contributed by atoms with E-state index in [0.717, 1.165) is 49.5 Å². The summed E-state index contributed by atoms with van der Waals surface area (Å²) in [5.41, 5.74) is 2.40. The van der Waals surface area contributed by atoms with Gasteiger partial charge in [0.05, 0.1) is 19.8 Å². The SMILES string of the molecule is CCCNC(C1=CCCCO1)c1cc(C)ccc1OC. The van der Waals surface area contributed by atoms with Crippen LogP contribution in [0.4, 0.5) is 0 Å². The number of aryl methyl sites for hydroxylation is 1. The van der Waals surface area contributed by atoms with Crippen LogP contribution in [0.5, 0.6) is 5.75 Å². The fourth-order valence-corrected chi connectivity index (χ4v) is 2.51. The molecule has 0 fully saturated rings. The molecule has 1 atom stereocenters. The summed E-state index contributed by atoms with van der Waals surface area (Å²) in [5.74, 6) is 1.95. The average Bonchev–Trinajstić information content (AvgIpc) is 2.49. The van der Waals surface area contributed by atoms with Crippen LogP contribution in [0.15, 0.2) is 30.0 Å². The number of hydrogen-bond donors (Lipinski definition) is 1. The molecule has 1 aromatic rings. The molecule has 0 aromatic heterocycles. The van der Waals surface area contributed by atoms with Crippen molar-refractivity contribution in [2.75, 3.05) is 20.3 Å². The lowest BCUT2D eigenvalue weighted by molar-refractivity contribution is 0.167. The van der Waals surface area contributed by atoms with Gasteiger partial charge in [-0.05, 0) is 44.9 Å². The first-order chi connectivity index (χ1) is 9.76. The molecular formula is C17H25NO2. The van der Waals surface area contributed by atoms with Gasteiger partial charge >= 0.3 is 0 Å². The second-order valence-electron chi connectivity index (χ2n) is 5.23. The summed E-state index contributed by atoms with van der Waals surface area (Å²) < 4.78 is 11.4. The average molecular weight is 275 g/mol. The highest BCUT2D eigenvalue weighted by Crippen LogP contribution is 2.33. The zero-order valence-electron chi connectivity index (χ0n) is 12.7. The molecule has 3 nitrogen and oxygen atoms in total. The fraction of sp³-hybridized carbons (Fsp3) is 0.529. The summed E-state index contributed by atoms with van der Waals surface area (Å²) in [6, 6.07) is 6.39. The predicted octanol–water partition coefficient (Wildman–Crippen LogP) is 3.74. The van der Waals surface area contributed by atoms with Crippen molar-refractivity contribution in [3.8, 4) is 5.75 Å². The number of rotatable bonds is 6. The van der Waals surface area contributed by atoms with Crippen LogP contribution in [0.2, 0.25) is 0 Å². The number of nitrogens with one attached hydrogen (secondary N) is 1. The lowest BCUT2D eigenvalue weighted by Crippen LogP contribution is -2.26. The van der Waals surface area contributed by atoms with Crippen LogP contribution < -0.4 is 10.1 Å². The zero-order chi connectivity index (χ0) is 14.4. The summed E-state index contributed by atoms with van der Waals surface area (Å²) in [5, 5.41) is 3.58. The van der Waals surface area contributed by atoms with Crippen LogP contribution in [0.3, 0.4) is 0 Å². The van der Waals surface area contributed by atoms with E-state index in [0.29, 0.717) is 0 Å². The van der Waals surface area contributed by atoms with Crippen molar-refractivity contribution in [2.24, 2.45) is 0 Å². The predicted molar refractivity (Wildman–Crippen MR) is 82.0 cm³/mol. The minimum absolute atomic E-state index is 0.0881. The third kappa shape index (κ3) is 3.54. The van der Waals surface area contributed by atoms with Crippen molar-refractivity contribution < 1.29 is 9.47 Å². The number of hydrogen-bond acceptors (Lipinski definition) is 3. The van der Waals surface area contributed by atoms with Gasteiger partial charge in [-0.3, -0.25) is 0 Å². The van der Waals surface area contributed by atoms with Crippen molar-refractivity contribution in [3.63, 3.8) is 0 Å². The first-order valence-corrected chi connectivity index (χ1v) is 7.47. The topological polar surface area (TPSA) is 30.5 Å². The van der Waals surface area contributed by atoms with Gasteiger partial charge in [0, 0.05) is 5.56 Å². The van der Waals surface area contributed by atoms with Gasteiger partial charge in [-0.15, -0.1) is 0 Å². The highest BCUT2D eigenvalue weighted by atomic mass is 16.5. The van der Waals surface area contributed by atoms with Gasteiger partial charge in [-0.25, -0.2) is 0 Å². The molecule has 0 bridgehead atoms. The molecular weight excluding hydrogens is 250 g/mol. The van der Waals surface area contributed by atoms with Crippen molar-refractivity contribution in [3.05, 3.63) is 41.2 Å². The molecule has 0 saturated heterocycles. The molecule has 3 heteroatoms. The molecule has 0 aliphatic carbocycles. The Morgan fingerprint density at radius 2 is 2.25 bits per heavy atom. The first-order valence-electron chi connectivity index (χ1n) is 7.47. The van der Waals surface area contributed by atoms with E-state index in [-0.39, 0.29) is 6.04 Å². The van der Waals surface area contributed by atoms with E-state index in [1.807, 2.05) is 6.07 Å². The highest BCUT2D eigenvalue weighted by molar-refractivity contribution is 5.42. The van der Waals surface area contributed by atoms with Crippen molar-refractivity contribution in [1.82, 2.24) is 5.32 Å². The van der Waals surface area contributed by atoms with Crippen molar-refractivity contribution in [1.29, 1.82) is 0 Å². The molecule has 1 aliphatic rings. The monoisotopic (exact) mass is 275 g/mol. The van der Waals surface area contributed by atoms with Crippen LogP contribution in [0.25, 0.3) is 0 Å². The molecule has 20 heavy (non-hydrogen) atoms. The van der Waals surface area contributed by atoms with Crippen molar-refractivity contribution >= 4 is 0 Å². The van der Waals surface area contributed by atoms with Gasteiger partial charge in [0.25, 0.3) is 0 Å². The third-order valence-corrected chi connectivity index (χ3v) is 3.54. The van der Waals surface area contributed by atoms with Crippen LogP contribution in [-0.4, -0.2) is 20.3 Å². The molecule has 1 aliphatic heterocycles. The Labute approximate surface area is 122 Å². The van der Waals surface area contributed by atoms with E-state index in [9.17, 15) is 0 Å². The molecule has 2 rings (SSSR count). The Morgan fingerprint density at radius 1 is 1.40 bits per heavy atom. The second kappa shape index (κ2) is 7.34. The smallest absolute Gasteiger partial charge is 0.124 e. The Morgan fingerprint density at radius 3 is 2.90 bits per heavy atom. The third-order valence-electron chi connectivity index (χ3n) is 3.54. The molecule has 1 aromatic carbocycles. The largest absolute Gasteiger partial charge is 0.496 e. The number of ether oxygens (including phenoxy) is 2. The highest BCUT2D eigenvalue weighted by Gasteiger charge is 2.22. The number of allylic oxidation sites excluding steroid dienone is 1. The van der Waals surface area contributed by atoms with Gasteiger partial charge < -0.3 is 14.8 Å². The normalized spacial score (nSPS) is 16.2. The van der Waals surface area contributed by atoms with Gasteiger partial charge in [0.2, 0.25) is 0 Å². The van der Waals surface area contributed by atoms with E-state index in [4.69, 9.17) is 9.47 Å². The standard InChI is InChI=1S/C17H25NO2/c1-4-10-18-17(16-7-5-6-11-20-16)14-12-13(2)8-9-15(14)19-3/h7-9,12,17-18H,4-6,10-11H2,1-3H3. The maximum atomic E-state index is 5.87. The van der Waals surface area contributed by atoms with Crippen LogP contribution in [-0.2, 0) is 4.74 Å². The lowest BCUT2D eigenvalue weighted by Gasteiger charge is -2.26. The van der Waals surface area contributed by atoms with Crippen LogP contribution >= 0.6 is 0 Å². The van der Waals surface area contributed by atoms with E-state index in [2.05, 4.69) is 37.4 Å². The first kappa shape index (κ1) is 14.9. The number of methoxy groups -OCH3 is 1. The Bertz CT molecular complexity index is 468. The Balaban J connectivity index is 2.34. The minimum Gasteiger partial charge on any atom is -0.496 e. The summed E-state index contributed by atoms with van der Waals surface area (Å²) >= 11 is 0. The lowest BCUT2D eigenvalue weighted by atomic mass is 9.99. The zero-order valence-corrected chi connectivity index (χ0v) is 12.7. The molecule has 0 saturated carbocycles. The molecule has 1 heterocycles. The second-order valence-corrected chi connectivity index (χ2v) is 5.23. The maximum absolute atomic E-state index is 5.87. The molecule has 110 valence electrons. The molecule has 1 unspecified atom stereocenters. The molecule has 0 radical (unpaired) electrons. The molecule has 0 spiro atoms. The van der Waals surface area contributed by atoms with Crippen LogP contribution in [0, 0.1) is 6.92 Å². The maximum Gasteiger partial charge on any atom is 0.124 e. The quantitative estimate of drug-likeness (QED) is 0.858. The van der Waals surface area contributed by atoms with Gasteiger partial charge in [0.15, 0.2) is 0 Å². The van der Waals surface area contributed by atoms with Crippen molar-refractivity contribution in [2.45, 2.75) is 39.2 Å². The van der Waals surface area contributed by atoms with Gasteiger partial charge in [0.1, 0.15) is 11.5 Å². The van der Waals surface area contributed by atoms with E-state index in [1.165, 1.54) is 5.56 Å². The van der Waals surface area contributed by atoms with Crippen LogP contribution in [0.1, 0.15) is 43.4 Å². The van der Waals surface area contributed by atoms with Gasteiger partial charge in [-0.1, -0.05) is 24.6 Å². The van der Waals surface area contributed by atoms with Gasteiger partial charge in [-0.2, -0.15) is 0 Å². The molecule has 1 N–H and O–H groups in total. The fourth-order valence-electron chi connectivity index (χ4n) is 2.51.